The zero-order valence-corrected chi connectivity index (χ0v) is 15.4. The van der Waals surface area contributed by atoms with Gasteiger partial charge in [-0.3, -0.25) is 4.79 Å². The number of aryl methyl sites for hydroxylation is 2. The van der Waals surface area contributed by atoms with Crippen LogP contribution < -0.4 is 10.6 Å². The van der Waals surface area contributed by atoms with Gasteiger partial charge in [-0.1, -0.05) is 6.42 Å². The summed E-state index contributed by atoms with van der Waals surface area (Å²) in [5.74, 6) is 1.62. The number of amides is 1. The number of rotatable bonds is 5. The summed E-state index contributed by atoms with van der Waals surface area (Å²) in [5, 5.41) is 19.0. The van der Waals surface area contributed by atoms with Crippen LogP contribution in [0.1, 0.15) is 30.7 Å². The molecule has 7 nitrogen and oxygen atoms in total. The largest absolute Gasteiger partial charge is 0.339 e. The van der Waals surface area contributed by atoms with Gasteiger partial charge < -0.3 is 10.6 Å². The van der Waals surface area contributed by atoms with Gasteiger partial charge >= 0.3 is 0 Å². The molecule has 1 saturated carbocycles. The summed E-state index contributed by atoms with van der Waals surface area (Å²) in [6.45, 7) is 3.93. The van der Waals surface area contributed by atoms with Gasteiger partial charge in [-0.25, -0.2) is 4.68 Å². The second-order valence-corrected chi connectivity index (χ2v) is 6.94. The zero-order valence-electron chi connectivity index (χ0n) is 15.4. The molecule has 0 bridgehead atoms. The SMILES string of the molecule is Cc1cc(C)n(-c2ccc(Nc3ccc(NC(=O)C4CCC4)cc3)nn2)n1. The predicted molar refractivity (Wildman–Crippen MR) is 104 cm³/mol. The summed E-state index contributed by atoms with van der Waals surface area (Å²) < 4.78 is 1.77. The maximum atomic E-state index is 12.0. The summed E-state index contributed by atoms with van der Waals surface area (Å²) in [6, 6.07) is 13.3. The van der Waals surface area contributed by atoms with Crippen molar-refractivity contribution in [2.24, 2.45) is 5.92 Å². The molecule has 3 aromatic rings. The summed E-state index contributed by atoms with van der Waals surface area (Å²) in [5.41, 5.74) is 3.65. The van der Waals surface area contributed by atoms with Crippen LogP contribution in [0.2, 0.25) is 0 Å². The van der Waals surface area contributed by atoms with Gasteiger partial charge in [-0.2, -0.15) is 5.10 Å². The zero-order chi connectivity index (χ0) is 18.8. The van der Waals surface area contributed by atoms with Gasteiger partial charge in [0.1, 0.15) is 0 Å². The highest BCUT2D eigenvalue weighted by molar-refractivity contribution is 5.93. The van der Waals surface area contributed by atoms with E-state index in [9.17, 15) is 4.79 Å². The molecule has 0 spiro atoms. The lowest BCUT2D eigenvalue weighted by molar-refractivity contribution is -0.122. The molecule has 1 fully saturated rings. The molecule has 2 heterocycles. The van der Waals surface area contributed by atoms with Gasteiger partial charge in [0.05, 0.1) is 5.69 Å². The van der Waals surface area contributed by atoms with Crippen LogP contribution in [0.3, 0.4) is 0 Å². The molecular weight excluding hydrogens is 340 g/mol. The van der Waals surface area contributed by atoms with Crippen LogP contribution in [0.15, 0.2) is 42.5 Å². The minimum Gasteiger partial charge on any atom is -0.339 e. The number of anilines is 3. The van der Waals surface area contributed by atoms with Gasteiger partial charge in [0.15, 0.2) is 11.6 Å². The second-order valence-electron chi connectivity index (χ2n) is 6.94. The fraction of sp³-hybridized carbons (Fsp3) is 0.300. The molecule has 0 radical (unpaired) electrons. The predicted octanol–water partition coefficient (Wildman–Crippen LogP) is 3.76. The number of aromatic nitrogens is 4. The quantitative estimate of drug-likeness (QED) is 0.722. The van der Waals surface area contributed by atoms with Crippen molar-refractivity contribution in [3.8, 4) is 5.82 Å². The monoisotopic (exact) mass is 362 g/mol. The van der Waals surface area contributed by atoms with Crippen LogP contribution in [-0.2, 0) is 4.79 Å². The molecule has 27 heavy (non-hydrogen) atoms. The lowest BCUT2D eigenvalue weighted by atomic mass is 9.85. The fourth-order valence-electron chi connectivity index (χ4n) is 3.07. The number of nitrogens with one attached hydrogen (secondary N) is 2. The molecular formula is C20H22N6O. The van der Waals surface area contributed by atoms with E-state index in [1.165, 1.54) is 0 Å². The molecule has 0 saturated heterocycles. The van der Waals surface area contributed by atoms with E-state index in [-0.39, 0.29) is 11.8 Å². The van der Waals surface area contributed by atoms with Crippen molar-refractivity contribution >= 4 is 23.1 Å². The first-order chi connectivity index (χ1) is 13.1. The van der Waals surface area contributed by atoms with E-state index in [1.54, 1.807) is 4.68 Å². The van der Waals surface area contributed by atoms with Gasteiger partial charge in [-0.15, -0.1) is 10.2 Å². The first-order valence-corrected chi connectivity index (χ1v) is 9.14. The van der Waals surface area contributed by atoms with Crippen LogP contribution >= 0.6 is 0 Å². The van der Waals surface area contributed by atoms with Crippen molar-refractivity contribution in [1.29, 1.82) is 0 Å². The van der Waals surface area contributed by atoms with E-state index in [2.05, 4.69) is 25.9 Å². The lowest BCUT2D eigenvalue weighted by Crippen LogP contribution is -2.27. The summed E-state index contributed by atoms with van der Waals surface area (Å²) >= 11 is 0. The maximum Gasteiger partial charge on any atom is 0.227 e. The Bertz CT molecular complexity index is 942. The summed E-state index contributed by atoms with van der Waals surface area (Å²) in [6.07, 6.45) is 3.15. The van der Waals surface area contributed by atoms with Crippen molar-refractivity contribution in [3.63, 3.8) is 0 Å². The first-order valence-electron chi connectivity index (χ1n) is 9.14. The smallest absolute Gasteiger partial charge is 0.227 e. The maximum absolute atomic E-state index is 12.0. The van der Waals surface area contributed by atoms with Crippen molar-refractivity contribution in [1.82, 2.24) is 20.0 Å². The van der Waals surface area contributed by atoms with Crippen LogP contribution in [0.25, 0.3) is 5.82 Å². The molecule has 1 aliphatic rings. The highest BCUT2D eigenvalue weighted by atomic mass is 16.1. The number of benzene rings is 1. The van der Waals surface area contributed by atoms with Gasteiger partial charge in [0, 0.05) is 23.0 Å². The Balaban J connectivity index is 1.40. The third kappa shape index (κ3) is 3.81. The van der Waals surface area contributed by atoms with Crippen molar-refractivity contribution in [2.75, 3.05) is 10.6 Å². The fourth-order valence-corrected chi connectivity index (χ4v) is 3.07. The van der Waals surface area contributed by atoms with E-state index in [4.69, 9.17) is 0 Å². The van der Waals surface area contributed by atoms with Crippen molar-refractivity contribution in [2.45, 2.75) is 33.1 Å². The molecule has 0 aliphatic heterocycles. The third-order valence-corrected chi connectivity index (χ3v) is 4.78. The highest BCUT2D eigenvalue weighted by Crippen LogP contribution is 2.28. The molecule has 138 valence electrons. The van der Waals surface area contributed by atoms with Crippen molar-refractivity contribution in [3.05, 3.63) is 53.9 Å². The molecule has 0 unspecified atom stereocenters. The second kappa shape index (κ2) is 7.19. The molecule has 1 aliphatic carbocycles. The van der Waals surface area contributed by atoms with Crippen LogP contribution in [0.4, 0.5) is 17.2 Å². The molecule has 2 aromatic heterocycles. The van der Waals surface area contributed by atoms with E-state index >= 15 is 0 Å². The molecule has 1 aromatic carbocycles. The Morgan fingerprint density at radius 1 is 1.04 bits per heavy atom. The molecule has 4 rings (SSSR count). The van der Waals surface area contributed by atoms with Crippen LogP contribution in [-0.4, -0.2) is 25.9 Å². The van der Waals surface area contributed by atoms with E-state index in [1.807, 2.05) is 56.3 Å². The number of carbonyl (C=O) groups is 1. The average molecular weight is 362 g/mol. The standard InChI is InChI=1S/C20H22N6O/c1-13-12-14(2)26(25-13)19-11-10-18(23-24-19)21-16-6-8-17(9-7-16)22-20(27)15-4-3-5-15/h6-12,15H,3-5H2,1-2H3,(H,21,23)(H,22,27). The Morgan fingerprint density at radius 2 is 1.78 bits per heavy atom. The number of nitrogens with zero attached hydrogens (tertiary/aromatic N) is 4. The highest BCUT2D eigenvalue weighted by Gasteiger charge is 2.24. The van der Waals surface area contributed by atoms with Gasteiger partial charge in [0.25, 0.3) is 0 Å². The van der Waals surface area contributed by atoms with E-state index in [0.717, 1.165) is 42.0 Å². The van der Waals surface area contributed by atoms with E-state index < -0.39 is 0 Å². The lowest BCUT2D eigenvalue weighted by Gasteiger charge is -2.24. The van der Waals surface area contributed by atoms with Crippen molar-refractivity contribution < 1.29 is 4.79 Å². The Labute approximate surface area is 157 Å². The minimum atomic E-state index is 0.118. The summed E-state index contributed by atoms with van der Waals surface area (Å²) in [4.78, 5) is 12.0. The van der Waals surface area contributed by atoms with Gasteiger partial charge in [-0.05, 0) is 69.2 Å². The first kappa shape index (κ1) is 17.2. The van der Waals surface area contributed by atoms with Gasteiger partial charge in [0.2, 0.25) is 5.91 Å². The van der Waals surface area contributed by atoms with E-state index in [0.29, 0.717) is 11.6 Å². The van der Waals surface area contributed by atoms with Crippen LogP contribution in [0, 0.1) is 19.8 Å². The number of carbonyl (C=O) groups excluding carboxylic acids is 1. The molecule has 7 heteroatoms. The molecule has 2 N–H and O–H groups in total. The minimum absolute atomic E-state index is 0.118. The molecule has 1 amide bonds. The van der Waals surface area contributed by atoms with Crippen LogP contribution in [0.5, 0.6) is 0 Å². The normalized spacial score (nSPS) is 13.9. The third-order valence-electron chi connectivity index (χ3n) is 4.78. The average Bonchev–Trinajstić information content (AvgIpc) is 2.94. The Hall–Kier alpha value is -3.22. The topological polar surface area (TPSA) is 84.7 Å². The molecule has 0 atom stereocenters. The summed E-state index contributed by atoms with van der Waals surface area (Å²) in [7, 11) is 0. The number of hydrogen-bond acceptors (Lipinski definition) is 5. The number of hydrogen-bond donors (Lipinski definition) is 2. The Morgan fingerprint density at radius 3 is 2.33 bits per heavy atom. The Kier molecular flexibility index (Phi) is 4.58.